The molecule has 0 spiro atoms. The lowest BCUT2D eigenvalue weighted by Crippen LogP contribution is -2.09. The quantitative estimate of drug-likeness (QED) is 0.136. The van der Waals surface area contributed by atoms with Crippen LogP contribution >= 0.6 is 10.0 Å². The molecule has 1 aromatic heterocycles. The maximum Gasteiger partial charge on any atom is 0.135 e. The van der Waals surface area contributed by atoms with E-state index in [1.54, 1.807) is 0 Å². The topological polar surface area (TPSA) is 16.4 Å². The van der Waals surface area contributed by atoms with Gasteiger partial charge in [-0.2, -0.15) is 0 Å². The van der Waals surface area contributed by atoms with Crippen LogP contribution in [0.25, 0.3) is 66.1 Å². The van der Waals surface area contributed by atoms with E-state index in [4.69, 9.17) is 4.42 Å². The largest absolute Gasteiger partial charge is 0.456 e. The standard InChI is InChI=1S/C64H45NOS/c1-5-17-46(18-6-1)51-35-41-63-61(44-51)62-45-54(40-42-64(62)66-63)65(53-38-33-49(34-39-53)60-30-16-20-48-19-13-14-29-59(48)60)52-36-31-47(32-37-52)50-21-15-28-58(43-50)67(55-22-7-2-8-23-55,56-24-9-3-10-25-56)57-26-11-4-12-27-57/h1-45H. The first kappa shape index (κ1) is 40.2. The lowest BCUT2D eigenvalue weighted by atomic mass is 9.98. The van der Waals surface area contributed by atoms with Crippen molar-refractivity contribution >= 4 is 59.8 Å². The molecule has 11 aromatic carbocycles. The van der Waals surface area contributed by atoms with Crippen molar-refractivity contribution in [2.24, 2.45) is 0 Å². The van der Waals surface area contributed by atoms with Crippen LogP contribution in [0.2, 0.25) is 0 Å². The Hall–Kier alpha value is -8.37. The van der Waals surface area contributed by atoms with Crippen LogP contribution in [0.5, 0.6) is 0 Å². The summed E-state index contributed by atoms with van der Waals surface area (Å²) in [4.78, 5) is 7.57. The van der Waals surface area contributed by atoms with Gasteiger partial charge in [-0.25, -0.2) is 0 Å². The van der Waals surface area contributed by atoms with E-state index in [0.717, 1.165) is 50.1 Å². The Morgan fingerprint density at radius 2 is 0.701 bits per heavy atom. The van der Waals surface area contributed by atoms with Crippen LogP contribution in [-0.4, -0.2) is 0 Å². The number of anilines is 3. The van der Waals surface area contributed by atoms with E-state index in [1.165, 1.54) is 52.6 Å². The van der Waals surface area contributed by atoms with Gasteiger partial charge in [-0.15, -0.1) is 10.0 Å². The molecule has 0 fully saturated rings. The summed E-state index contributed by atoms with van der Waals surface area (Å²) in [6.07, 6.45) is 0. The van der Waals surface area contributed by atoms with E-state index in [2.05, 4.69) is 278 Å². The minimum absolute atomic E-state index is 0.866. The SMILES string of the molecule is c1ccc(-c2ccc3oc4ccc(N(c5ccc(-c6cccc(S(c7ccccc7)(c7ccccc7)c7ccccc7)c6)cc5)c5ccc(-c6cccc7ccccc67)cc5)cc4c3c2)cc1. The highest BCUT2D eigenvalue weighted by molar-refractivity contribution is 8.34. The highest BCUT2D eigenvalue weighted by atomic mass is 32.3. The minimum Gasteiger partial charge on any atom is -0.456 e. The zero-order valence-electron chi connectivity index (χ0n) is 36.7. The second-order valence-electron chi connectivity index (χ2n) is 16.9. The molecule has 12 aromatic rings. The lowest BCUT2D eigenvalue weighted by molar-refractivity contribution is 0.669. The van der Waals surface area contributed by atoms with Gasteiger partial charge in [0.25, 0.3) is 0 Å². The van der Waals surface area contributed by atoms with Gasteiger partial charge in [-0.3, -0.25) is 0 Å². The van der Waals surface area contributed by atoms with Crippen molar-refractivity contribution in [3.63, 3.8) is 0 Å². The third-order valence-electron chi connectivity index (χ3n) is 13.0. The number of rotatable bonds is 10. The van der Waals surface area contributed by atoms with Gasteiger partial charge in [0.05, 0.1) is 0 Å². The zero-order chi connectivity index (χ0) is 44.6. The molecule has 67 heavy (non-hydrogen) atoms. The smallest absolute Gasteiger partial charge is 0.135 e. The third-order valence-corrected chi connectivity index (χ3v) is 16.9. The van der Waals surface area contributed by atoms with Crippen LogP contribution in [0, 0.1) is 0 Å². The van der Waals surface area contributed by atoms with E-state index in [1.807, 2.05) is 0 Å². The summed E-state index contributed by atoms with van der Waals surface area (Å²) in [6, 6.07) is 99.2. The van der Waals surface area contributed by atoms with E-state index >= 15 is 0 Å². The van der Waals surface area contributed by atoms with Gasteiger partial charge in [0.15, 0.2) is 0 Å². The molecule has 0 aliphatic heterocycles. The summed E-state index contributed by atoms with van der Waals surface area (Å²) in [5, 5.41) is 4.66. The Labute approximate surface area is 393 Å². The van der Waals surface area contributed by atoms with Gasteiger partial charge in [0.1, 0.15) is 11.2 Å². The first-order chi connectivity index (χ1) is 33.2. The average molecular weight is 876 g/mol. The van der Waals surface area contributed by atoms with Gasteiger partial charge in [0, 0.05) is 47.4 Å². The number of hydrogen-bond donors (Lipinski definition) is 0. The minimum atomic E-state index is -1.83. The van der Waals surface area contributed by atoms with Crippen LogP contribution in [0.4, 0.5) is 17.1 Å². The van der Waals surface area contributed by atoms with Crippen molar-refractivity contribution in [3.8, 4) is 33.4 Å². The predicted molar refractivity (Wildman–Crippen MR) is 282 cm³/mol. The summed E-state index contributed by atoms with van der Waals surface area (Å²) in [5.41, 5.74) is 12.0. The first-order valence-corrected chi connectivity index (χ1v) is 24.4. The molecule has 0 N–H and O–H groups in total. The molecule has 0 aliphatic rings. The maximum absolute atomic E-state index is 6.46. The van der Waals surface area contributed by atoms with Crippen LogP contribution in [-0.2, 0) is 0 Å². The number of fused-ring (bicyclic) bond motifs is 4. The fourth-order valence-corrected chi connectivity index (χ4v) is 13.7. The molecule has 12 rings (SSSR count). The lowest BCUT2D eigenvalue weighted by Gasteiger charge is -2.42. The molecule has 0 saturated heterocycles. The first-order valence-electron chi connectivity index (χ1n) is 22.8. The van der Waals surface area contributed by atoms with E-state index < -0.39 is 10.0 Å². The summed E-state index contributed by atoms with van der Waals surface area (Å²) in [6.45, 7) is 0. The fraction of sp³-hybridized carbons (Fsp3) is 0. The molecule has 0 bridgehead atoms. The van der Waals surface area contributed by atoms with Gasteiger partial charge in [-0.05, 0) is 147 Å². The molecule has 0 radical (unpaired) electrons. The summed E-state index contributed by atoms with van der Waals surface area (Å²) >= 11 is 0. The normalized spacial score (nSPS) is 11.8. The van der Waals surface area contributed by atoms with Gasteiger partial charge in [-0.1, -0.05) is 170 Å². The van der Waals surface area contributed by atoms with Crippen LogP contribution < -0.4 is 4.90 Å². The van der Waals surface area contributed by atoms with E-state index in [0.29, 0.717) is 0 Å². The van der Waals surface area contributed by atoms with Crippen LogP contribution in [0.15, 0.2) is 297 Å². The Morgan fingerprint density at radius 1 is 0.269 bits per heavy atom. The van der Waals surface area contributed by atoms with E-state index in [-0.39, 0.29) is 0 Å². The van der Waals surface area contributed by atoms with Gasteiger partial charge >= 0.3 is 0 Å². The number of furan rings is 1. The van der Waals surface area contributed by atoms with Gasteiger partial charge in [0.2, 0.25) is 0 Å². The van der Waals surface area contributed by atoms with Crippen molar-refractivity contribution < 1.29 is 4.42 Å². The summed E-state index contributed by atoms with van der Waals surface area (Å²) in [7, 11) is -1.83. The second kappa shape index (κ2) is 17.2. The van der Waals surface area contributed by atoms with Crippen LogP contribution in [0.3, 0.4) is 0 Å². The molecule has 3 heteroatoms. The second-order valence-corrected chi connectivity index (χ2v) is 20.0. The molecule has 0 saturated carbocycles. The van der Waals surface area contributed by atoms with E-state index in [9.17, 15) is 0 Å². The summed E-state index contributed by atoms with van der Waals surface area (Å²) < 4.78 is 6.46. The highest BCUT2D eigenvalue weighted by Gasteiger charge is 2.33. The average Bonchev–Trinajstić information content (AvgIpc) is 3.78. The van der Waals surface area contributed by atoms with Gasteiger partial charge < -0.3 is 9.32 Å². The number of benzene rings is 11. The molecule has 1 heterocycles. The Kier molecular flexibility index (Phi) is 10.3. The molecular formula is C64H45NOS. The monoisotopic (exact) mass is 875 g/mol. The third kappa shape index (κ3) is 7.27. The predicted octanol–water partition coefficient (Wildman–Crippen LogP) is 18.6. The maximum atomic E-state index is 6.46. The molecule has 0 atom stereocenters. The molecule has 0 aliphatic carbocycles. The zero-order valence-corrected chi connectivity index (χ0v) is 37.6. The van der Waals surface area contributed by atoms with Crippen molar-refractivity contribution in [1.82, 2.24) is 0 Å². The van der Waals surface area contributed by atoms with Crippen molar-refractivity contribution in [2.75, 3.05) is 4.90 Å². The molecule has 2 nitrogen and oxygen atoms in total. The highest BCUT2D eigenvalue weighted by Crippen LogP contribution is 2.73. The molecule has 0 unspecified atom stereocenters. The molecular weight excluding hydrogens is 831 g/mol. The van der Waals surface area contributed by atoms with Crippen molar-refractivity contribution in [3.05, 3.63) is 273 Å². The Balaban J connectivity index is 0.979. The van der Waals surface area contributed by atoms with Crippen LogP contribution in [0.1, 0.15) is 0 Å². The fourth-order valence-electron chi connectivity index (χ4n) is 9.79. The Bertz CT molecular complexity index is 3560. The number of hydrogen-bond acceptors (Lipinski definition) is 2. The van der Waals surface area contributed by atoms with Crippen molar-refractivity contribution in [1.29, 1.82) is 0 Å². The Morgan fingerprint density at radius 3 is 1.34 bits per heavy atom. The molecule has 318 valence electrons. The number of nitrogens with zero attached hydrogens (tertiary/aromatic N) is 1. The summed E-state index contributed by atoms with van der Waals surface area (Å²) in [5.74, 6) is 0. The van der Waals surface area contributed by atoms with Crippen molar-refractivity contribution in [2.45, 2.75) is 19.6 Å². The molecule has 0 amide bonds.